The highest BCUT2D eigenvalue weighted by molar-refractivity contribution is 15.0. The molecule has 0 amide bonds. The highest BCUT2D eigenvalue weighted by Crippen LogP contribution is 2.56. The van der Waals surface area contributed by atoms with Gasteiger partial charge in [0.15, 0.2) is 11.2 Å². The molecule has 8 rings (SSSR count). The van der Waals surface area contributed by atoms with E-state index in [-0.39, 0.29) is 35.5 Å². The van der Waals surface area contributed by atoms with Gasteiger partial charge in [0.2, 0.25) is 0 Å². The molecule has 2 atom stereocenters. The predicted octanol–water partition coefficient (Wildman–Crippen LogP) is 11.7. The molecule has 66 heavy (non-hydrogen) atoms. The monoisotopic (exact) mass is 1250 g/mol. The van der Waals surface area contributed by atoms with Crippen LogP contribution in [0.5, 0.6) is 23.0 Å². The summed E-state index contributed by atoms with van der Waals surface area (Å²) in [5, 5.41) is 32.5. The molecule has 22 heteroatoms. The Labute approximate surface area is 410 Å². The highest BCUT2D eigenvalue weighted by Gasteiger charge is 2.68. The highest BCUT2D eigenvalue weighted by atomic mass is 128. The number of alkyl halides is 4. The summed E-state index contributed by atoms with van der Waals surface area (Å²) in [7, 11) is 0. The van der Waals surface area contributed by atoms with Crippen molar-refractivity contribution in [1.29, 1.82) is 10.5 Å². The fourth-order valence-electron chi connectivity index (χ4n) is 6.26. The van der Waals surface area contributed by atoms with Crippen molar-refractivity contribution >= 4 is 61.2 Å². The van der Waals surface area contributed by atoms with Gasteiger partial charge in [-0.3, -0.25) is 9.97 Å². The molecule has 0 saturated carbocycles. The molecule has 1 aliphatic heterocycles. The van der Waals surface area contributed by atoms with Gasteiger partial charge in [0, 0.05) is 60.5 Å². The van der Waals surface area contributed by atoms with Crippen LogP contribution in [0.4, 0.5) is 35.1 Å². The molecule has 1 N–H and O–H groups in total. The van der Waals surface area contributed by atoms with Crippen molar-refractivity contribution in [2.24, 2.45) is 0 Å². The minimum atomic E-state index is -4.15. The van der Waals surface area contributed by atoms with Crippen LogP contribution in [0, 0.1) is 45.9 Å². The van der Waals surface area contributed by atoms with Crippen molar-refractivity contribution in [1.82, 2.24) is 24.7 Å². The van der Waals surface area contributed by atoms with Crippen LogP contribution in [0.15, 0.2) is 134 Å². The Bertz CT molecular complexity index is 2820. The summed E-state index contributed by atoms with van der Waals surface area (Å²) in [5.74, 6) is -11.1. The lowest BCUT2D eigenvalue weighted by Crippen LogP contribution is -2.48. The Balaban J connectivity index is 0.000000238. The van der Waals surface area contributed by atoms with Crippen molar-refractivity contribution in [2.75, 3.05) is 6.61 Å². The quantitative estimate of drug-likeness (QED) is 0.0710. The van der Waals surface area contributed by atoms with Crippen molar-refractivity contribution in [2.45, 2.75) is 29.6 Å². The number of hydrogen-bond acceptors (Lipinski definition) is 10. The van der Waals surface area contributed by atoms with E-state index in [4.69, 9.17) is 24.7 Å². The molecule has 4 aromatic carbocycles. The summed E-state index contributed by atoms with van der Waals surface area (Å²) in [6.45, 7) is -1.32. The van der Waals surface area contributed by atoms with Gasteiger partial charge in [-0.15, -0.1) is 24.0 Å². The van der Waals surface area contributed by atoms with Gasteiger partial charge in [0.1, 0.15) is 70.3 Å². The summed E-state index contributed by atoms with van der Waals surface area (Å²) in [5.41, 5.74) is -7.34. The minimum absolute atomic E-state index is 0. The Morgan fingerprint density at radius 1 is 0.697 bits per heavy atom. The number of nitriles is 2. The molecule has 7 aromatic rings. The lowest BCUT2D eigenvalue weighted by molar-refractivity contribution is -0.207. The molecule has 0 aliphatic carbocycles. The van der Waals surface area contributed by atoms with Crippen LogP contribution < -0.4 is 9.47 Å². The van der Waals surface area contributed by atoms with Gasteiger partial charge in [0.25, 0.3) is 0 Å². The molecule has 4 heterocycles. The molecule has 0 radical (unpaired) electrons. The maximum atomic E-state index is 15.7. The van der Waals surface area contributed by atoms with E-state index in [1.165, 1.54) is 36.4 Å². The summed E-state index contributed by atoms with van der Waals surface area (Å²) in [6.07, 6.45) is 4.26. The van der Waals surface area contributed by atoms with Gasteiger partial charge < -0.3 is 19.3 Å². The zero-order chi connectivity index (χ0) is 47.0. The number of aliphatic hydroxyl groups is 1. The molecular formula is C44H28F8I3N7O4. The molecule has 2 unspecified atom stereocenters. The molecule has 1 saturated heterocycles. The number of epoxide rings is 1. The summed E-state index contributed by atoms with van der Waals surface area (Å²) in [6, 6.07) is 25.0. The van der Waals surface area contributed by atoms with Crippen LogP contribution >= 0.6 is 61.2 Å². The summed E-state index contributed by atoms with van der Waals surface area (Å²) >= 11 is 4.24. The molecular weight excluding hydrogens is 1220 g/mol. The van der Waals surface area contributed by atoms with Crippen molar-refractivity contribution in [3.05, 3.63) is 191 Å². The lowest BCUT2D eigenvalue weighted by atomic mass is 9.84. The molecule has 1 fully saturated rings. The SMILES string of the molecule is I.II.N#Cc1ccc(Oc2ccc(C(F)(F)C(O)(Cn3cncn3)c3ccc(F)cc3F)nc2)cc1.N#Cc1ccc(Oc2ccc(C(F)(F)C3(c4ccc(F)cc4F)CO3)nc2)cc1. The van der Waals surface area contributed by atoms with Gasteiger partial charge in [-0.05, 0) is 97.1 Å². The Morgan fingerprint density at radius 2 is 1.18 bits per heavy atom. The summed E-state index contributed by atoms with van der Waals surface area (Å²) in [4.78, 5) is 11.1. The Kier molecular flexibility index (Phi) is 17.0. The van der Waals surface area contributed by atoms with E-state index < -0.39 is 82.0 Å². The number of aromatic nitrogens is 5. The predicted molar refractivity (Wildman–Crippen MR) is 246 cm³/mol. The first kappa shape index (κ1) is 51.4. The maximum Gasteiger partial charge on any atom is 0.324 e. The van der Waals surface area contributed by atoms with Crippen molar-refractivity contribution < 1.29 is 54.4 Å². The molecule has 11 nitrogen and oxygen atoms in total. The molecule has 0 spiro atoms. The maximum absolute atomic E-state index is 15.7. The molecule has 340 valence electrons. The summed E-state index contributed by atoms with van der Waals surface area (Å²) < 4.78 is 134. The second-order valence-electron chi connectivity index (χ2n) is 13.7. The number of pyridine rings is 2. The van der Waals surface area contributed by atoms with E-state index in [0.717, 1.165) is 66.1 Å². The van der Waals surface area contributed by atoms with Gasteiger partial charge in [-0.2, -0.15) is 33.2 Å². The van der Waals surface area contributed by atoms with E-state index >= 15 is 17.6 Å². The smallest absolute Gasteiger partial charge is 0.324 e. The zero-order valence-electron chi connectivity index (χ0n) is 33.1. The topological polar surface area (TPSA) is 155 Å². The van der Waals surface area contributed by atoms with E-state index in [9.17, 15) is 22.7 Å². The van der Waals surface area contributed by atoms with E-state index in [2.05, 4.69) is 57.3 Å². The van der Waals surface area contributed by atoms with E-state index in [0.29, 0.717) is 34.8 Å². The number of hydrogen-bond donors (Lipinski definition) is 1. The molecule has 1 aliphatic rings. The van der Waals surface area contributed by atoms with Gasteiger partial charge in [-0.25, -0.2) is 27.2 Å². The lowest BCUT2D eigenvalue weighted by Gasteiger charge is -2.36. The number of halogens is 11. The Morgan fingerprint density at radius 3 is 1.61 bits per heavy atom. The molecule has 0 bridgehead atoms. The first-order valence-corrected chi connectivity index (χ1v) is 24.7. The third-order valence-corrected chi connectivity index (χ3v) is 9.61. The second kappa shape index (κ2) is 21.8. The number of nitrogens with zero attached hydrogens (tertiary/aromatic N) is 7. The minimum Gasteiger partial charge on any atom is -0.456 e. The van der Waals surface area contributed by atoms with Crippen LogP contribution in [0.25, 0.3) is 0 Å². The third kappa shape index (κ3) is 11.2. The first-order valence-electron chi connectivity index (χ1n) is 18.4. The second-order valence-corrected chi connectivity index (χ2v) is 13.7. The van der Waals surface area contributed by atoms with E-state index in [1.807, 2.05) is 12.1 Å². The normalized spacial score (nSPS) is 14.9. The standard InChI is InChI=1S/C23H15F4N5O2.C21H12F4N2O2.I2.HI/c24-16-3-7-19(20(25)9-16)22(33,12-32-14-29-13-31-32)23(26,27)21-8-6-18(11-30-21)34-17-4-1-15(10-28)2-5-17;22-14-3-7-17(18(23)9-14)20(12-28-20)21(24,25)19-8-6-16(11-27-19)29-15-4-1-13(10-26)2-5-15;1-2;/h1-9,11,13-14,33H,12H2;1-9,11H,12H2;;1H. The number of ether oxygens (including phenoxy) is 3. The van der Waals surface area contributed by atoms with Gasteiger partial charge in [-0.1, -0.05) is 0 Å². The van der Waals surface area contributed by atoms with Crippen molar-refractivity contribution in [3.8, 4) is 35.1 Å². The fraction of sp³-hybridized carbons (Fsp3) is 0.136. The van der Waals surface area contributed by atoms with Crippen LogP contribution in [-0.2, 0) is 34.3 Å². The number of rotatable bonds is 12. The zero-order valence-corrected chi connectivity index (χ0v) is 39.8. The third-order valence-electron chi connectivity index (χ3n) is 9.61. The van der Waals surface area contributed by atoms with Gasteiger partial charge >= 0.3 is 11.8 Å². The van der Waals surface area contributed by atoms with E-state index in [1.54, 1.807) is 24.3 Å². The average molecular weight is 1250 g/mol. The Hall–Kier alpha value is -5.55. The van der Waals surface area contributed by atoms with Gasteiger partial charge in [0.05, 0.1) is 48.8 Å². The van der Waals surface area contributed by atoms with Crippen LogP contribution in [0.1, 0.15) is 33.6 Å². The molecule has 3 aromatic heterocycles. The van der Waals surface area contributed by atoms with Crippen LogP contribution in [0.2, 0.25) is 0 Å². The average Bonchev–Trinajstić information content (AvgIpc) is 3.97. The largest absolute Gasteiger partial charge is 0.456 e. The van der Waals surface area contributed by atoms with Crippen LogP contribution in [0.3, 0.4) is 0 Å². The first-order chi connectivity index (χ1) is 31.1. The van der Waals surface area contributed by atoms with Crippen LogP contribution in [-0.4, -0.2) is 36.4 Å². The fourth-order valence-corrected chi connectivity index (χ4v) is 6.26. The number of benzene rings is 4. The van der Waals surface area contributed by atoms with Crippen molar-refractivity contribution in [3.63, 3.8) is 0 Å².